The minimum Gasteiger partial charge on any atom is -0.497 e. The number of halogens is 1. The van der Waals surface area contributed by atoms with Crippen LogP contribution in [-0.4, -0.2) is 25.0 Å². The number of benzene rings is 1. The highest BCUT2D eigenvalue weighted by molar-refractivity contribution is 9.12. The van der Waals surface area contributed by atoms with E-state index < -0.39 is 0 Å². The number of rotatable bonds is 2. The molecule has 4 heteroatoms. The number of ether oxygens (including phenoxy) is 1. The summed E-state index contributed by atoms with van der Waals surface area (Å²) in [6.45, 7) is 0. The van der Waals surface area contributed by atoms with Crippen molar-refractivity contribution in [3.8, 4) is 5.75 Å². The van der Waals surface area contributed by atoms with Crippen LogP contribution in [0.4, 0.5) is 0 Å². The lowest BCUT2D eigenvalue weighted by atomic mass is 9.90. The van der Waals surface area contributed by atoms with Crippen LogP contribution in [0.25, 0.3) is 0 Å². The van der Waals surface area contributed by atoms with Gasteiger partial charge in [-0.2, -0.15) is 0 Å². The molecular formula is C18H16BrNO2. The third-order valence-corrected chi connectivity index (χ3v) is 4.60. The first-order valence-corrected chi connectivity index (χ1v) is 7.79. The third kappa shape index (κ3) is 2.55. The standard InChI is InChI=1S/C18H16BrNO2/c1-20-17-6-4-3-5-16(19)15(17)11-14(18(20)21)12-7-9-13(22-2)10-8-12/h3-11,14H,1-2H3. The largest absolute Gasteiger partial charge is 0.497 e. The van der Waals surface area contributed by atoms with Gasteiger partial charge in [-0.25, -0.2) is 0 Å². The van der Waals surface area contributed by atoms with Crippen LogP contribution in [0.1, 0.15) is 11.5 Å². The summed E-state index contributed by atoms with van der Waals surface area (Å²) in [5, 5.41) is 0. The van der Waals surface area contributed by atoms with Gasteiger partial charge in [-0.05, 0) is 29.8 Å². The average Bonchev–Trinajstić information content (AvgIpc) is 2.73. The number of carbonyl (C=O) groups is 1. The molecule has 22 heavy (non-hydrogen) atoms. The molecule has 3 rings (SSSR count). The topological polar surface area (TPSA) is 29.5 Å². The molecule has 112 valence electrons. The maximum atomic E-state index is 12.7. The van der Waals surface area contributed by atoms with Crippen LogP contribution in [0, 0.1) is 0 Å². The number of likely N-dealkylation sites (N-methyl/N-ethyl adjacent to an activating group) is 1. The summed E-state index contributed by atoms with van der Waals surface area (Å²) in [7, 11) is 3.45. The van der Waals surface area contributed by atoms with Crippen LogP contribution < -0.4 is 4.74 Å². The predicted octanol–water partition coefficient (Wildman–Crippen LogP) is 3.91. The lowest BCUT2D eigenvalue weighted by molar-refractivity contribution is -0.128. The number of nitrogens with zero attached hydrogens (tertiary/aromatic N) is 1. The van der Waals surface area contributed by atoms with E-state index in [0.717, 1.165) is 27.1 Å². The van der Waals surface area contributed by atoms with Crippen LogP contribution in [0.5, 0.6) is 5.75 Å². The fourth-order valence-corrected chi connectivity index (χ4v) is 3.15. The van der Waals surface area contributed by atoms with E-state index in [1.54, 1.807) is 12.0 Å². The maximum absolute atomic E-state index is 12.7. The Labute approximate surface area is 138 Å². The first kappa shape index (κ1) is 14.9. The van der Waals surface area contributed by atoms with Gasteiger partial charge >= 0.3 is 0 Å². The lowest BCUT2D eigenvalue weighted by Gasteiger charge is -2.31. The third-order valence-electron chi connectivity index (χ3n) is 3.91. The van der Waals surface area contributed by atoms with Crippen molar-refractivity contribution in [1.82, 2.24) is 4.90 Å². The highest BCUT2D eigenvalue weighted by Crippen LogP contribution is 2.37. The summed E-state index contributed by atoms with van der Waals surface area (Å²) in [4.78, 5) is 14.4. The number of carbonyl (C=O) groups excluding carboxylic acids is 1. The Kier molecular flexibility index (Phi) is 4.03. The number of amides is 1. The minimum absolute atomic E-state index is 0.0655. The van der Waals surface area contributed by atoms with Crippen molar-refractivity contribution in [2.75, 3.05) is 14.2 Å². The fraction of sp³-hybridized carbons (Fsp3) is 0.167. The normalized spacial score (nSPS) is 20.7. The van der Waals surface area contributed by atoms with Gasteiger partial charge < -0.3 is 9.64 Å². The molecule has 1 unspecified atom stereocenters. The number of methoxy groups -OCH3 is 1. The summed E-state index contributed by atoms with van der Waals surface area (Å²) >= 11 is 3.59. The highest BCUT2D eigenvalue weighted by atomic mass is 79.9. The Balaban J connectivity index is 2.06. The van der Waals surface area contributed by atoms with Crippen LogP contribution in [0.15, 0.2) is 70.4 Å². The van der Waals surface area contributed by atoms with Gasteiger partial charge in [0.2, 0.25) is 5.91 Å². The first-order chi connectivity index (χ1) is 10.6. The van der Waals surface area contributed by atoms with Gasteiger partial charge in [-0.15, -0.1) is 0 Å². The van der Waals surface area contributed by atoms with Gasteiger partial charge in [0.15, 0.2) is 0 Å². The molecule has 3 nitrogen and oxygen atoms in total. The summed E-state index contributed by atoms with van der Waals surface area (Å²) in [5.74, 6) is 0.561. The average molecular weight is 358 g/mol. The molecule has 1 aromatic carbocycles. The van der Waals surface area contributed by atoms with E-state index >= 15 is 0 Å². The van der Waals surface area contributed by atoms with E-state index in [-0.39, 0.29) is 11.8 Å². The molecular weight excluding hydrogens is 342 g/mol. The van der Waals surface area contributed by atoms with Crippen LogP contribution >= 0.6 is 15.9 Å². The predicted molar refractivity (Wildman–Crippen MR) is 90.8 cm³/mol. The van der Waals surface area contributed by atoms with Crippen LogP contribution in [-0.2, 0) is 4.79 Å². The smallest absolute Gasteiger partial charge is 0.238 e. The van der Waals surface area contributed by atoms with Crippen molar-refractivity contribution in [1.29, 1.82) is 0 Å². The van der Waals surface area contributed by atoms with Gasteiger partial charge in [0.25, 0.3) is 0 Å². The number of hydrogen-bond donors (Lipinski definition) is 0. The number of hydrogen-bond acceptors (Lipinski definition) is 2. The molecule has 0 N–H and O–H groups in total. The van der Waals surface area contributed by atoms with E-state index in [4.69, 9.17) is 4.74 Å². The molecule has 1 aliphatic heterocycles. The van der Waals surface area contributed by atoms with Crippen molar-refractivity contribution < 1.29 is 9.53 Å². The Morgan fingerprint density at radius 2 is 1.82 bits per heavy atom. The van der Waals surface area contributed by atoms with Gasteiger partial charge in [-0.3, -0.25) is 4.79 Å². The summed E-state index contributed by atoms with van der Waals surface area (Å²) < 4.78 is 6.16. The second-order valence-electron chi connectivity index (χ2n) is 5.18. The summed E-state index contributed by atoms with van der Waals surface area (Å²) in [5.41, 5.74) is 2.90. The molecule has 0 saturated carbocycles. The molecule has 0 fully saturated rings. The SMILES string of the molecule is COc1ccc(C2C=C3C(Br)=CC=CC=C3N(C)C2=O)cc1. The molecule has 0 radical (unpaired) electrons. The van der Waals surface area contributed by atoms with Gasteiger partial charge in [-0.1, -0.05) is 46.3 Å². The minimum atomic E-state index is -0.290. The number of fused-ring (bicyclic) bond motifs is 1. The Bertz CT molecular complexity index is 726. The van der Waals surface area contributed by atoms with E-state index in [1.165, 1.54) is 0 Å². The van der Waals surface area contributed by atoms with Crippen molar-refractivity contribution in [3.63, 3.8) is 0 Å². The number of allylic oxidation sites excluding steroid dienone is 5. The Hall–Kier alpha value is -2.07. The van der Waals surface area contributed by atoms with Crippen molar-refractivity contribution in [2.24, 2.45) is 0 Å². The Morgan fingerprint density at radius 3 is 2.50 bits per heavy atom. The monoisotopic (exact) mass is 357 g/mol. The molecule has 0 aromatic heterocycles. The van der Waals surface area contributed by atoms with Crippen LogP contribution in [0.2, 0.25) is 0 Å². The molecule has 1 aliphatic carbocycles. The quantitative estimate of drug-likeness (QED) is 0.802. The van der Waals surface area contributed by atoms with Crippen molar-refractivity contribution in [3.05, 3.63) is 76.0 Å². The van der Waals surface area contributed by atoms with Gasteiger partial charge in [0.1, 0.15) is 5.75 Å². The maximum Gasteiger partial charge on any atom is 0.238 e. The lowest BCUT2D eigenvalue weighted by Crippen LogP contribution is -2.35. The van der Waals surface area contributed by atoms with Crippen molar-refractivity contribution >= 4 is 21.8 Å². The van der Waals surface area contributed by atoms with E-state index in [2.05, 4.69) is 15.9 Å². The van der Waals surface area contributed by atoms with Crippen molar-refractivity contribution in [2.45, 2.75) is 5.92 Å². The molecule has 0 bridgehead atoms. The molecule has 1 aromatic rings. The zero-order valence-electron chi connectivity index (χ0n) is 12.4. The second-order valence-corrected chi connectivity index (χ2v) is 6.03. The highest BCUT2D eigenvalue weighted by Gasteiger charge is 2.31. The second kappa shape index (κ2) is 5.97. The summed E-state index contributed by atoms with van der Waals surface area (Å²) in [6, 6.07) is 7.64. The molecule has 1 heterocycles. The van der Waals surface area contributed by atoms with Gasteiger partial charge in [0.05, 0.1) is 18.7 Å². The molecule has 1 amide bonds. The van der Waals surface area contributed by atoms with Gasteiger partial charge in [0, 0.05) is 17.1 Å². The zero-order valence-corrected chi connectivity index (χ0v) is 14.0. The molecule has 2 aliphatic rings. The van der Waals surface area contributed by atoms with Crippen LogP contribution in [0.3, 0.4) is 0 Å². The van der Waals surface area contributed by atoms with E-state index in [1.807, 2.05) is 61.7 Å². The molecule has 0 spiro atoms. The Morgan fingerprint density at radius 1 is 1.14 bits per heavy atom. The van der Waals surface area contributed by atoms with E-state index in [0.29, 0.717) is 0 Å². The summed E-state index contributed by atoms with van der Waals surface area (Å²) in [6.07, 6.45) is 9.86. The molecule has 1 atom stereocenters. The molecule has 0 saturated heterocycles. The van der Waals surface area contributed by atoms with E-state index in [9.17, 15) is 4.79 Å². The first-order valence-electron chi connectivity index (χ1n) is 7.00. The fourth-order valence-electron chi connectivity index (χ4n) is 2.66. The zero-order chi connectivity index (χ0) is 15.7.